The van der Waals surface area contributed by atoms with Gasteiger partial charge in [0.1, 0.15) is 0 Å². The van der Waals surface area contributed by atoms with E-state index in [2.05, 4.69) is 66.7 Å². The first-order chi connectivity index (χ1) is 39.0. The number of carbonyl (C=O) groups excluding carboxylic acids is 1. The molecule has 3 heterocycles. The van der Waals surface area contributed by atoms with Crippen molar-refractivity contribution in [1.82, 2.24) is 30.0 Å². The second kappa shape index (κ2) is 52.4. The van der Waals surface area contributed by atoms with Gasteiger partial charge in [0.25, 0.3) is 0 Å². The zero-order valence-corrected chi connectivity index (χ0v) is 54.4. The molecule has 2 bridgehead atoms. The Bertz CT molecular complexity index is 1280. The fraction of sp³-hybridized carbons (Fsp3) is 0.986. The Morgan fingerprint density at radius 1 is 0.400 bits per heavy atom. The van der Waals surface area contributed by atoms with Gasteiger partial charge in [0.05, 0.1) is 37.0 Å². The number of nitrogens with one attached hydrogen (secondary N) is 1. The maximum Gasteiger partial charge on any atom is 0.225 e. The summed E-state index contributed by atoms with van der Waals surface area (Å²) in [5.74, 6) is 0.193. The highest BCUT2D eigenvalue weighted by atomic mass is 16.3. The van der Waals surface area contributed by atoms with Gasteiger partial charge in [-0.05, 0) is 39.5 Å². The molecule has 80 heavy (non-hydrogen) atoms. The number of aliphatic hydroxyl groups excluding tert-OH is 4. The van der Waals surface area contributed by atoms with Crippen LogP contribution >= 0.6 is 0 Å². The summed E-state index contributed by atoms with van der Waals surface area (Å²) >= 11 is 0. The van der Waals surface area contributed by atoms with Crippen LogP contribution in [0.5, 0.6) is 0 Å². The molecule has 0 radical (unpaired) electrons. The van der Waals surface area contributed by atoms with E-state index in [1.54, 1.807) is 0 Å². The fourth-order valence-corrected chi connectivity index (χ4v) is 12.8. The normalized spacial score (nSPS) is 18.6. The molecule has 0 aromatic rings. The van der Waals surface area contributed by atoms with E-state index >= 15 is 0 Å². The largest absolute Gasteiger partial charge is 0.392 e. The third-order valence-electron chi connectivity index (χ3n) is 18.4. The highest BCUT2D eigenvalue weighted by molar-refractivity contribution is 5.77. The summed E-state index contributed by atoms with van der Waals surface area (Å²) in [4.78, 5) is 20.7. The summed E-state index contributed by atoms with van der Waals surface area (Å²) in [5.41, 5.74) is 0. The van der Waals surface area contributed by atoms with E-state index in [1.807, 2.05) is 4.90 Å². The van der Waals surface area contributed by atoms with Gasteiger partial charge in [-0.1, -0.05) is 285 Å². The molecule has 7 unspecified atom stereocenters. The van der Waals surface area contributed by atoms with Crippen molar-refractivity contribution in [3.63, 3.8) is 0 Å². The lowest BCUT2D eigenvalue weighted by molar-refractivity contribution is -0.159. The Morgan fingerprint density at radius 3 is 0.950 bits per heavy atom. The lowest BCUT2D eigenvalue weighted by Crippen LogP contribution is -2.67. The maximum absolute atomic E-state index is 14.0. The van der Waals surface area contributed by atoms with E-state index in [9.17, 15) is 25.2 Å². The predicted octanol–water partition coefficient (Wildman–Crippen LogP) is 15.7. The average Bonchev–Trinajstić information content (AvgIpc) is 3.44. The first-order valence-electron chi connectivity index (χ1n) is 35.8. The number of fused-ring (bicyclic) bond motifs is 5. The van der Waals surface area contributed by atoms with Gasteiger partial charge in [0.2, 0.25) is 5.91 Å². The minimum Gasteiger partial charge on any atom is -0.392 e. The van der Waals surface area contributed by atoms with Gasteiger partial charge in [-0.3, -0.25) is 19.9 Å². The molecule has 0 aromatic carbocycles. The number of rotatable bonds is 59. The maximum atomic E-state index is 14.0. The average molecular weight is 1130 g/mol. The van der Waals surface area contributed by atoms with Crippen LogP contribution < -0.4 is 5.32 Å². The Hall–Kier alpha value is -0.890. The van der Waals surface area contributed by atoms with Crippen LogP contribution in [0.1, 0.15) is 330 Å². The van der Waals surface area contributed by atoms with Crippen molar-refractivity contribution in [2.45, 2.75) is 373 Å². The molecule has 3 aliphatic rings. The zero-order chi connectivity index (χ0) is 58.1. The van der Waals surface area contributed by atoms with Crippen molar-refractivity contribution in [3.05, 3.63) is 0 Å². The zero-order valence-electron chi connectivity index (χ0n) is 54.4. The molecule has 5 N–H and O–H groups in total. The van der Waals surface area contributed by atoms with Crippen molar-refractivity contribution in [2.24, 2.45) is 0 Å². The number of amides is 1. The van der Waals surface area contributed by atoms with Gasteiger partial charge in [0.15, 0.2) is 0 Å². The van der Waals surface area contributed by atoms with E-state index in [4.69, 9.17) is 0 Å². The number of carbonyl (C=O) groups is 1. The molecule has 1 amide bonds. The second-order valence-electron chi connectivity index (χ2n) is 26.2. The van der Waals surface area contributed by atoms with Crippen LogP contribution in [-0.2, 0) is 4.79 Å². The van der Waals surface area contributed by atoms with Crippen LogP contribution in [0.3, 0.4) is 0 Å². The molecule has 3 rings (SSSR count). The lowest BCUT2D eigenvalue weighted by atomic mass is 10.0. The Morgan fingerprint density at radius 2 is 0.662 bits per heavy atom. The van der Waals surface area contributed by atoms with Crippen molar-refractivity contribution < 1.29 is 25.2 Å². The van der Waals surface area contributed by atoms with Gasteiger partial charge in [-0.25, -0.2) is 10.0 Å². The number of hydrogen-bond donors (Lipinski definition) is 5. The quantitative estimate of drug-likeness (QED) is 0.0376. The number of aliphatic hydroxyl groups is 4. The van der Waals surface area contributed by atoms with Gasteiger partial charge < -0.3 is 25.3 Å². The summed E-state index contributed by atoms with van der Waals surface area (Å²) in [5, 5.41) is 55.3. The van der Waals surface area contributed by atoms with Gasteiger partial charge in [-0.15, -0.1) is 0 Å². The van der Waals surface area contributed by atoms with E-state index < -0.39 is 24.4 Å². The van der Waals surface area contributed by atoms with Gasteiger partial charge in [0, 0.05) is 77.5 Å². The number of unbranched alkanes of at least 4 members (excludes halogenated alkanes) is 36. The van der Waals surface area contributed by atoms with Crippen LogP contribution in [0.25, 0.3) is 0 Å². The predicted molar refractivity (Wildman–Crippen MR) is 343 cm³/mol. The first-order valence-corrected chi connectivity index (χ1v) is 35.8. The molecule has 11 heteroatoms. The van der Waals surface area contributed by atoms with Crippen molar-refractivity contribution in [2.75, 3.05) is 65.4 Å². The highest BCUT2D eigenvalue weighted by Gasteiger charge is 2.37. The molecule has 11 nitrogen and oxygen atoms in total. The van der Waals surface area contributed by atoms with Gasteiger partial charge >= 0.3 is 0 Å². The molecule has 3 fully saturated rings. The van der Waals surface area contributed by atoms with Crippen LogP contribution in [0.2, 0.25) is 0 Å². The Labute approximate surface area is 497 Å². The Balaban J connectivity index is 2.16. The van der Waals surface area contributed by atoms with Crippen molar-refractivity contribution in [3.8, 4) is 0 Å². The molecule has 0 aliphatic carbocycles. The topological polar surface area (TPSA) is 126 Å². The summed E-state index contributed by atoms with van der Waals surface area (Å²) in [7, 11) is 0. The van der Waals surface area contributed by atoms with Crippen molar-refractivity contribution >= 4 is 5.91 Å². The fourth-order valence-electron chi connectivity index (χ4n) is 12.8. The minimum atomic E-state index is -0.449. The number of hydrazine groups is 1. The summed E-state index contributed by atoms with van der Waals surface area (Å²) < 4.78 is 0. The summed E-state index contributed by atoms with van der Waals surface area (Å²) in [6.45, 7) is 20.1. The molecular weight excluding hydrogens is 993 g/mol. The molecule has 7 atom stereocenters. The van der Waals surface area contributed by atoms with Crippen LogP contribution in [0, 0.1) is 0 Å². The van der Waals surface area contributed by atoms with Crippen LogP contribution in [0.4, 0.5) is 0 Å². The van der Waals surface area contributed by atoms with Crippen LogP contribution in [-0.4, -0.2) is 159 Å². The lowest BCUT2D eigenvalue weighted by Gasteiger charge is -2.50. The number of piperazine rings is 1. The van der Waals surface area contributed by atoms with Crippen LogP contribution in [0.15, 0.2) is 0 Å². The number of nitrogens with zero attached hydrogens (tertiary/aromatic N) is 5. The van der Waals surface area contributed by atoms with E-state index in [0.29, 0.717) is 45.7 Å². The highest BCUT2D eigenvalue weighted by Crippen LogP contribution is 2.23. The molecular formula is C69H140N6O5. The molecule has 3 saturated heterocycles. The smallest absolute Gasteiger partial charge is 0.225 e. The minimum absolute atomic E-state index is 0.0328. The standard InChI is InChI=1S/C69H140N6O5/c1-7-11-15-19-23-27-31-35-39-43-47-64(76)58-72(59-65(77)48-44-40-36-32-28-24-20-16-12-8-2)62(5)56-70-68-55-69(80)71-51-53-74(54-52-71)75(68)57-63(6)73(60-66(78)49-45-41-37-33-29-25-21-17-13-9-3)61-67(79)50-46-42-38-34-30-26-22-18-14-10-4/h62-68,70,76-79H,7-61H2,1-6H3. The molecule has 3 aliphatic heterocycles. The molecule has 0 aromatic heterocycles. The number of hydrogen-bond acceptors (Lipinski definition) is 10. The van der Waals surface area contributed by atoms with E-state index in [0.717, 1.165) is 103 Å². The van der Waals surface area contributed by atoms with Crippen molar-refractivity contribution in [1.29, 1.82) is 0 Å². The third kappa shape index (κ3) is 39.7. The van der Waals surface area contributed by atoms with E-state index in [-0.39, 0.29) is 24.2 Å². The SMILES string of the molecule is CCCCCCCCCCCCC(O)CN(CC(O)CCCCCCCCCCCC)C(C)CNC1CC(=O)N2CCN(CC2)N1CC(C)N(CC(O)CCCCCCCCCCCC)CC(O)CCCCCCCCCCCC. The van der Waals surface area contributed by atoms with Gasteiger partial charge in [-0.2, -0.15) is 0 Å². The monoisotopic (exact) mass is 1130 g/mol. The molecule has 0 saturated carbocycles. The van der Waals surface area contributed by atoms with E-state index in [1.165, 1.54) is 205 Å². The third-order valence-corrected chi connectivity index (χ3v) is 18.4. The summed E-state index contributed by atoms with van der Waals surface area (Å²) in [6, 6.07) is 0.0674. The molecule has 476 valence electrons. The second-order valence-corrected chi connectivity index (χ2v) is 26.2. The summed E-state index contributed by atoms with van der Waals surface area (Å²) in [6.07, 6.45) is 52.6. The molecule has 0 spiro atoms. The Kier molecular flexibility index (Phi) is 49.3. The first kappa shape index (κ1) is 75.2.